The van der Waals surface area contributed by atoms with Crippen molar-refractivity contribution in [2.75, 3.05) is 27.2 Å². The van der Waals surface area contributed by atoms with Crippen molar-refractivity contribution >= 4 is 35.9 Å². The van der Waals surface area contributed by atoms with Crippen LogP contribution in [0.3, 0.4) is 0 Å². The van der Waals surface area contributed by atoms with Gasteiger partial charge in [-0.3, -0.25) is 9.79 Å². The predicted octanol–water partition coefficient (Wildman–Crippen LogP) is 2.19. The topological polar surface area (TPSA) is 72.0 Å². The van der Waals surface area contributed by atoms with Crippen molar-refractivity contribution < 1.29 is 18.7 Å². The van der Waals surface area contributed by atoms with Crippen LogP contribution < -0.4 is 15.4 Å². The van der Waals surface area contributed by atoms with Gasteiger partial charge >= 0.3 is 5.97 Å². The lowest BCUT2D eigenvalue weighted by molar-refractivity contribution is -0.144. The van der Waals surface area contributed by atoms with Crippen molar-refractivity contribution in [2.24, 2.45) is 10.9 Å². The van der Waals surface area contributed by atoms with Crippen molar-refractivity contribution in [1.29, 1.82) is 0 Å². The van der Waals surface area contributed by atoms with E-state index in [1.54, 1.807) is 26.1 Å². The fourth-order valence-corrected chi connectivity index (χ4v) is 1.81. The summed E-state index contributed by atoms with van der Waals surface area (Å²) in [7, 11) is 2.99. The second-order valence-corrected chi connectivity index (χ2v) is 5.14. The van der Waals surface area contributed by atoms with Crippen LogP contribution in [0.1, 0.15) is 13.8 Å². The van der Waals surface area contributed by atoms with Crippen LogP contribution in [0.25, 0.3) is 0 Å². The fourth-order valence-electron chi connectivity index (χ4n) is 1.81. The Hall–Kier alpha value is -1.58. The summed E-state index contributed by atoms with van der Waals surface area (Å²) in [6.45, 7) is 4.51. The molecule has 0 heterocycles. The van der Waals surface area contributed by atoms with Crippen LogP contribution in [0.5, 0.6) is 5.75 Å². The van der Waals surface area contributed by atoms with E-state index in [9.17, 15) is 9.18 Å². The van der Waals surface area contributed by atoms with Gasteiger partial charge in [-0.05, 0) is 19.1 Å². The number of ether oxygens (including phenoxy) is 2. The summed E-state index contributed by atoms with van der Waals surface area (Å²) < 4.78 is 23.4. The Balaban J connectivity index is 0.00000529. The molecule has 0 spiro atoms. The zero-order chi connectivity index (χ0) is 17.2. The summed E-state index contributed by atoms with van der Waals surface area (Å²) in [5.74, 6) is 0.129. The van der Waals surface area contributed by atoms with E-state index in [0.29, 0.717) is 24.8 Å². The number of rotatable bonds is 7. The van der Waals surface area contributed by atoms with E-state index in [1.807, 2.05) is 6.92 Å². The number of nitrogens with zero attached hydrogens (tertiary/aromatic N) is 1. The van der Waals surface area contributed by atoms with Gasteiger partial charge in [0.05, 0.1) is 19.6 Å². The van der Waals surface area contributed by atoms with Crippen LogP contribution in [0.4, 0.5) is 4.39 Å². The molecule has 24 heavy (non-hydrogen) atoms. The third kappa shape index (κ3) is 8.32. The van der Waals surface area contributed by atoms with Crippen LogP contribution in [-0.2, 0) is 9.53 Å². The maximum Gasteiger partial charge on any atom is 0.310 e. The van der Waals surface area contributed by atoms with Crippen LogP contribution in [-0.4, -0.2) is 45.3 Å². The summed E-state index contributed by atoms with van der Waals surface area (Å²) >= 11 is 0. The molecule has 0 aliphatic rings. The Morgan fingerprint density at radius 3 is 2.54 bits per heavy atom. The van der Waals surface area contributed by atoms with Gasteiger partial charge in [-0.1, -0.05) is 13.0 Å². The second-order valence-electron chi connectivity index (χ2n) is 5.14. The Morgan fingerprint density at radius 2 is 1.96 bits per heavy atom. The van der Waals surface area contributed by atoms with Crippen LogP contribution in [0.15, 0.2) is 29.3 Å². The molecular formula is C16H25FIN3O3. The number of esters is 1. The zero-order valence-electron chi connectivity index (χ0n) is 14.3. The number of hydrogen-bond donors (Lipinski definition) is 2. The normalized spacial score (nSPS) is 13.3. The van der Waals surface area contributed by atoms with Gasteiger partial charge in [0.1, 0.15) is 17.7 Å². The van der Waals surface area contributed by atoms with Gasteiger partial charge in [0.15, 0.2) is 5.96 Å². The van der Waals surface area contributed by atoms with E-state index < -0.39 is 0 Å². The highest BCUT2D eigenvalue weighted by atomic mass is 127. The molecule has 6 nitrogen and oxygen atoms in total. The average molecular weight is 453 g/mol. The monoisotopic (exact) mass is 453 g/mol. The number of methoxy groups -OCH3 is 1. The molecule has 1 aromatic rings. The van der Waals surface area contributed by atoms with Gasteiger partial charge in [-0.2, -0.15) is 0 Å². The molecule has 0 radical (unpaired) electrons. The van der Waals surface area contributed by atoms with Gasteiger partial charge in [0, 0.05) is 19.7 Å². The summed E-state index contributed by atoms with van der Waals surface area (Å²) in [6.07, 6.45) is -0.187. The Labute approximate surface area is 159 Å². The molecule has 0 aliphatic carbocycles. The molecule has 0 aliphatic heterocycles. The number of nitrogens with one attached hydrogen (secondary N) is 2. The number of halogens is 2. The van der Waals surface area contributed by atoms with Gasteiger partial charge < -0.3 is 20.1 Å². The molecule has 136 valence electrons. The molecule has 0 saturated heterocycles. The van der Waals surface area contributed by atoms with Gasteiger partial charge in [-0.25, -0.2) is 4.39 Å². The minimum absolute atomic E-state index is 0. The number of guanidine groups is 1. The van der Waals surface area contributed by atoms with Gasteiger partial charge in [0.25, 0.3) is 0 Å². The summed E-state index contributed by atoms with van der Waals surface area (Å²) in [6, 6.07) is 6.00. The smallest absolute Gasteiger partial charge is 0.310 e. The first-order valence-electron chi connectivity index (χ1n) is 7.40. The Morgan fingerprint density at radius 1 is 1.29 bits per heavy atom. The highest BCUT2D eigenvalue weighted by molar-refractivity contribution is 14.0. The molecule has 1 aromatic carbocycles. The first-order valence-corrected chi connectivity index (χ1v) is 7.40. The molecule has 2 atom stereocenters. The van der Waals surface area contributed by atoms with Crippen molar-refractivity contribution in [3.8, 4) is 5.75 Å². The lowest BCUT2D eigenvalue weighted by atomic mass is 10.2. The minimum atomic E-state index is -0.336. The van der Waals surface area contributed by atoms with Gasteiger partial charge in [0.2, 0.25) is 0 Å². The van der Waals surface area contributed by atoms with E-state index >= 15 is 0 Å². The van der Waals surface area contributed by atoms with Crippen molar-refractivity contribution in [3.63, 3.8) is 0 Å². The summed E-state index contributed by atoms with van der Waals surface area (Å²) in [5.41, 5.74) is 0. The highest BCUT2D eigenvalue weighted by Gasteiger charge is 2.13. The van der Waals surface area contributed by atoms with E-state index in [0.717, 1.165) is 0 Å². The molecule has 2 N–H and O–H groups in total. The van der Waals surface area contributed by atoms with Crippen molar-refractivity contribution in [3.05, 3.63) is 30.1 Å². The number of carbonyl (C=O) groups excluding carboxylic acids is 1. The van der Waals surface area contributed by atoms with Crippen molar-refractivity contribution in [1.82, 2.24) is 10.6 Å². The SMILES string of the molecule is CN=C(NCC(C)Oc1cccc(F)c1)NCC(C)C(=O)OC.I. The Kier molecular flexibility index (Phi) is 11.1. The first kappa shape index (κ1) is 22.4. The third-order valence-corrected chi connectivity index (χ3v) is 3.09. The third-order valence-electron chi connectivity index (χ3n) is 3.09. The van der Waals surface area contributed by atoms with E-state index in [2.05, 4.69) is 20.4 Å². The number of carbonyl (C=O) groups is 1. The fraction of sp³-hybridized carbons (Fsp3) is 0.500. The number of aliphatic imine (C=N–C) groups is 1. The van der Waals surface area contributed by atoms with Crippen LogP contribution in [0.2, 0.25) is 0 Å². The zero-order valence-corrected chi connectivity index (χ0v) is 16.7. The Bertz CT molecular complexity index is 543. The molecular weight excluding hydrogens is 428 g/mol. The predicted molar refractivity (Wildman–Crippen MR) is 102 cm³/mol. The molecule has 0 saturated carbocycles. The van der Waals surface area contributed by atoms with E-state index in [-0.39, 0.29) is 47.8 Å². The van der Waals surface area contributed by atoms with Crippen molar-refractivity contribution in [2.45, 2.75) is 20.0 Å². The largest absolute Gasteiger partial charge is 0.489 e. The molecule has 1 rings (SSSR count). The minimum Gasteiger partial charge on any atom is -0.489 e. The lowest BCUT2D eigenvalue weighted by Gasteiger charge is -2.18. The summed E-state index contributed by atoms with van der Waals surface area (Å²) in [4.78, 5) is 15.4. The molecule has 8 heteroatoms. The molecule has 0 amide bonds. The molecule has 2 unspecified atom stereocenters. The summed E-state index contributed by atoms with van der Waals surface area (Å²) in [5, 5.41) is 6.12. The number of benzene rings is 1. The van der Waals surface area contributed by atoms with Crippen LogP contribution >= 0.6 is 24.0 Å². The molecule has 0 fully saturated rings. The first-order chi connectivity index (χ1) is 11.0. The standard InChI is InChI=1S/C16H24FN3O3.HI/c1-11(15(21)22-4)9-19-16(18-3)20-10-12(2)23-14-7-5-6-13(17)8-14;/h5-8,11-12H,9-10H2,1-4H3,(H2,18,19,20);1H. The highest BCUT2D eigenvalue weighted by Crippen LogP contribution is 2.13. The maximum atomic E-state index is 13.1. The van der Waals surface area contributed by atoms with E-state index in [1.165, 1.54) is 19.2 Å². The number of hydrogen-bond acceptors (Lipinski definition) is 4. The lowest BCUT2D eigenvalue weighted by Crippen LogP contribution is -2.44. The molecule has 0 bridgehead atoms. The second kappa shape index (κ2) is 11.9. The quantitative estimate of drug-likeness (QED) is 0.287. The average Bonchev–Trinajstić information content (AvgIpc) is 2.53. The maximum absolute atomic E-state index is 13.1. The van der Waals surface area contributed by atoms with Crippen LogP contribution in [0, 0.1) is 11.7 Å². The molecule has 0 aromatic heterocycles. The van der Waals surface area contributed by atoms with E-state index in [4.69, 9.17) is 4.74 Å². The van der Waals surface area contributed by atoms with Gasteiger partial charge in [-0.15, -0.1) is 24.0 Å².